The Morgan fingerprint density at radius 2 is 0.854 bits per heavy atom. The number of carbonyl (C=O) groups is 1. The number of nitrogens with one attached hydrogen (secondary N) is 1. The maximum atomic E-state index is 13.3. The second-order valence-corrected chi connectivity index (χ2v) is 20.7. The topological polar surface area (TPSA) is 307 Å². The zero-order valence-corrected chi connectivity index (χ0v) is 48.4. The molecule has 3 heterocycles. The van der Waals surface area contributed by atoms with E-state index in [1.54, 1.807) is 12.2 Å². The molecule has 0 radical (unpaired) electrons. The molecular formula is C63H101NO18. The molecule has 3 aliphatic rings. The maximum Gasteiger partial charge on any atom is 0.220 e. The van der Waals surface area contributed by atoms with Gasteiger partial charge in [-0.2, -0.15) is 0 Å². The van der Waals surface area contributed by atoms with Gasteiger partial charge < -0.3 is 89.9 Å². The minimum absolute atomic E-state index is 0.171. The largest absolute Gasteiger partial charge is 0.394 e. The molecule has 0 aromatic heterocycles. The Kier molecular flexibility index (Phi) is 39.4. The van der Waals surface area contributed by atoms with Gasteiger partial charge in [-0.25, -0.2) is 0 Å². The zero-order chi connectivity index (χ0) is 59.7. The first-order valence-electron chi connectivity index (χ1n) is 29.8. The molecule has 3 fully saturated rings. The van der Waals surface area contributed by atoms with Gasteiger partial charge in [-0.1, -0.05) is 155 Å². The van der Waals surface area contributed by atoms with Gasteiger partial charge in [0.1, 0.15) is 73.2 Å². The molecule has 0 saturated carbocycles. The van der Waals surface area contributed by atoms with Crippen LogP contribution in [-0.4, -0.2) is 193 Å². The highest BCUT2D eigenvalue weighted by atomic mass is 16.8. The Labute approximate surface area is 487 Å². The Morgan fingerprint density at radius 3 is 1.34 bits per heavy atom. The first kappa shape index (κ1) is 72.4. The highest BCUT2D eigenvalue weighted by Crippen LogP contribution is 2.33. The van der Waals surface area contributed by atoms with E-state index in [9.17, 15) is 61.0 Å². The summed E-state index contributed by atoms with van der Waals surface area (Å²) >= 11 is 0. The predicted molar refractivity (Wildman–Crippen MR) is 313 cm³/mol. The maximum absolute atomic E-state index is 13.3. The van der Waals surface area contributed by atoms with Crippen molar-refractivity contribution in [3.63, 3.8) is 0 Å². The average molecular weight is 1160 g/mol. The third kappa shape index (κ3) is 27.9. The smallest absolute Gasteiger partial charge is 0.220 e. The summed E-state index contributed by atoms with van der Waals surface area (Å²) in [5, 5.41) is 120. The normalized spacial score (nSPS) is 30.5. The molecule has 466 valence electrons. The Balaban J connectivity index is 1.47. The summed E-state index contributed by atoms with van der Waals surface area (Å²) in [5.41, 5.74) is 0. The number of aliphatic hydroxyl groups is 11. The molecule has 3 rings (SSSR count). The predicted octanol–water partition coefficient (Wildman–Crippen LogP) is 5.31. The monoisotopic (exact) mass is 1160 g/mol. The summed E-state index contributed by atoms with van der Waals surface area (Å²) in [6, 6.07) is -1.02. The number of hydrogen-bond acceptors (Lipinski definition) is 18. The van der Waals surface area contributed by atoms with Crippen molar-refractivity contribution in [3.8, 4) is 0 Å². The quantitative estimate of drug-likeness (QED) is 0.0273. The SMILES string of the molecule is CC/C=C\C/C=C\C/C=C\C/C=C\C/C=C\C/C=C\C/C=C\C/C=C\CCCCC(=O)NC(COC1OC(CO)C(OC2OC(CO)C(OC3OC(CO)C(O)C(O)C3O)C(O)C2O)C(O)C1O)C(O)/C=C/CC/C=C/CCCCCC. The van der Waals surface area contributed by atoms with Gasteiger partial charge >= 0.3 is 0 Å². The van der Waals surface area contributed by atoms with Crippen LogP contribution in [0.15, 0.2) is 122 Å². The summed E-state index contributed by atoms with van der Waals surface area (Å²) in [6.45, 7) is 1.46. The lowest BCUT2D eigenvalue weighted by Gasteiger charge is -2.48. The van der Waals surface area contributed by atoms with Gasteiger partial charge in [-0.15, -0.1) is 0 Å². The van der Waals surface area contributed by atoms with Crippen molar-refractivity contribution in [2.75, 3.05) is 26.4 Å². The van der Waals surface area contributed by atoms with E-state index in [-0.39, 0.29) is 12.3 Å². The molecule has 82 heavy (non-hydrogen) atoms. The lowest BCUT2D eigenvalue weighted by molar-refractivity contribution is -0.379. The van der Waals surface area contributed by atoms with Gasteiger partial charge in [0, 0.05) is 6.42 Å². The summed E-state index contributed by atoms with van der Waals surface area (Å²) in [6.07, 6.45) is 32.0. The number of allylic oxidation sites excluding steroid dienone is 19. The van der Waals surface area contributed by atoms with Crippen molar-refractivity contribution in [1.29, 1.82) is 0 Å². The molecule has 19 heteroatoms. The molecule has 1 amide bonds. The van der Waals surface area contributed by atoms with Crippen LogP contribution in [-0.2, 0) is 33.2 Å². The first-order chi connectivity index (χ1) is 39.8. The summed E-state index contributed by atoms with van der Waals surface area (Å²) < 4.78 is 34.1. The van der Waals surface area contributed by atoms with Crippen molar-refractivity contribution in [1.82, 2.24) is 5.32 Å². The highest BCUT2D eigenvalue weighted by molar-refractivity contribution is 5.76. The Bertz CT molecular complexity index is 1960. The van der Waals surface area contributed by atoms with Crippen molar-refractivity contribution in [2.24, 2.45) is 0 Å². The number of amides is 1. The first-order valence-corrected chi connectivity index (χ1v) is 29.8. The third-order valence-electron chi connectivity index (χ3n) is 14.0. The summed E-state index contributed by atoms with van der Waals surface area (Å²) in [4.78, 5) is 13.3. The third-order valence-corrected chi connectivity index (χ3v) is 14.0. The molecule has 17 atom stereocenters. The van der Waals surface area contributed by atoms with E-state index < -0.39 is 131 Å². The van der Waals surface area contributed by atoms with Crippen LogP contribution in [0.5, 0.6) is 0 Å². The van der Waals surface area contributed by atoms with E-state index in [1.807, 2.05) is 0 Å². The van der Waals surface area contributed by atoms with Crippen molar-refractivity contribution >= 4 is 5.91 Å². The van der Waals surface area contributed by atoms with Gasteiger partial charge in [0.15, 0.2) is 18.9 Å². The van der Waals surface area contributed by atoms with Gasteiger partial charge in [0.25, 0.3) is 0 Å². The van der Waals surface area contributed by atoms with Gasteiger partial charge in [0.05, 0.1) is 38.6 Å². The second-order valence-electron chi connectivity index (χ2n) is 20.7. The van der Waals surface area contributed by atoms with E-state index in [0.717, 1.165) is 83.5 Å². The van der Waals surface area contributed by atoms with Crippen LogP contribution >= 0.6 is 0 Å². The van der Waals surface area contributed by atoms with Crippen LogP contribution < -0.4 is 5.32 Å². The fraction of sp³-hybridized carbons (Fsp3) is 0.667. The van der Waals surface area contributed by atoms with Gasteiger partial charge in [-0.05, 0) is 96.3 Å². The zero-order valence-electron chi connectivity index (χ0n) is 48.4. The number of ether oxygens (including phenoxy) is 6. The van der Waals surface area contributed by atoms with Crippen LogP contribution in [0.4, 0.5) is 0 Å². The minimum atomic E-state index is -1.99. The Hall–Kier alpha value is -3.81. The molecule has 3 aliphatic heterocycles. The molecule has 0 aromatic carbocycles. The number of rotatable bonds is 41. The molecule has 0 spiro atoms. The van der Waals surface area contributed by atoms with Crippen LogP contribution in [0.25, 0.3) is 0 Å². The lowest BCUT2D eigenvalue weighted by Crippen LogP contribution is -2.66. The van der Waals surface area contributed by atoms with E-state index in [2.05, 4.69) is 129 Å². The average Bonchev–Trinajstić information content (AvgIpc) is 3.64. The van der Waals surface area contributed by atoms with Crippen LogP contribution in [0.2, 0.25) is 0 Å². The van der Waals surface area contributed by atoms with E-state index >= 15 is 0 Å². The van der Waals surface area contributed by atoms with Crippen LogP contribution in [0, 0.1) is 0 Å². The van der Waals surface area contributed by atoms with Gasteiger partial charge in [0.2, 0.25) is 5.91 Å². The Morgan fingerprint density at radius 1 is 0.451 bits per heavy atom. The van der Waals surface area contributed by atoms with Gasteiger partial charge in [-0.3, -0.25) is 4.79 Å². The molecule has 0 bridgehead atoms. The molecule has 19 nitrogen and oxygen atoms in total. The molecule has 0 aromatic rings. The number of hydrogen-bond donors (Lipinski definition) is 12. The minimum Gasteiger partial charge on any atom is -0.394 e. The molecular weight excluding hydrogens is 1060 g/mol. The number of carbonyl (C=O) groups excluding carboxylic acids is 1. The van der Waals surface area contributed by atoms with E-state index in [1.165, 1.54) is 19.3 Å². The van der Waals surface area contributed by atoms with Crippen molar-refractivity contribution in [2.45, 2.75) is 240 Å². The van der Waals surface area contributed by atoms with Crippen LogP contribution in [0.3, 0.4) is 0 Å². The van der Waals surface area contributed by atoms with Crippen LogP contribution in [0.1, 0.15) is 136 Å². The summed E-state index contributed by atoms with van der Waals surface area (Å²) in [7, 11) is 0. The molecule has 0 aliphatic carbocycles. The molecule has 3 saturated heterocycles. The standard InChI is InChI=1S/C63H101NO18/c1-3-5-7-9-11-13-15-16-17-18-19-20-21-22-23-24-25-26-27-28-29-30-31-33-35-37-39-41-51(69)64-46(47(68)40-38-36-34-32-14-12-10-8-6-4-2)45-77-61-57(75)54(72)59(49(43-66)79-61)82-63-58(76)55(73)60(50(44-67)80-63)81-62-56(74)53(71)52(70)48(42-65)78-62/h5,7,11,13-14,16-17,19-20,22-23,25-26,28-29,31-33,38,40,46-50,52-63,65-68,70-76H,3-4,6,8-10,12,15,18,21,24,27,30,34-37,39,41-45H2,1-2H3,(H,64,69)/b7-5-,13-11-,17-16-,20-19-,23-22-,26-25-,29-28-,32-14+,33-31-,40-38+. The lowest BCUT2D eigenvalue weighted by atomic mass is 9.96. The van der Waals surface area contributed by atoms with E-state index in [4.69, 9.17) is 28.4 Å². The molecule has 17 unspecified atom stereocenters. The van der Waals surface area contributed by atoms with Crippen molar-refractivity contribution in [3.05, 3.63) is 122 Å². The molecule has 12 N–H and O–H groups in total. The fourth-order valence-electron chi connectivity index (χ4n) is 9.10. The number of unbranched alkanes of at least 4 members (excludes halogenated alkanes) is 7. The highest BCUT2D eigenvalue weighted by Gasteiger charge is 2.53. The van der Waals surface area contributed by atoms with E-state index in [0.29, 0.717) is 12.8 Å². The second kappa shape index (κ2) is 44.6. The van der Waals surface area contributed by atoms with Crippen molar-refractivity contribution < 1.29 is 89.4 Å². The number of aliphatic hydroxyl groups excluding tert-OH is 11. The summed E-state index contributed by atoms with van der Waals surface area (Å²) in [5.74, 6) is -0.338. The fourth-order valence-corrected chi connectivity index (χ4v) is 9.10.